The van der Waals surface area contributed by atoms with Gasteiger partial charge in [0, 0.05) is 29.7 Å². The Bertz CT molecular complexity index is 614. The highest BCUT2D eigenvalue weighted by Crippen LogP contribution is 2.25. The second kappa shape index (κ2) is 4.72. The number of piperidine rings is 1. The lowest BCUT2D eigenvalue weighted by Crippen LogP contribution is -2.39. The van der Waals surface area contributed by atoms with Crippen LogP contribution >= 0.6 is 0 Å². The standard InChI is InChI=1S/C16H20N2O/c1-11-6-5-9-18(10-11)16(19)15-12(2)17-14-8-4-3-7-13(14)15/h3-4,7-8,11,17H,5-6,9-10H2,1-2H3. The van der Waals surface area contributed by atoms with Crippen molar-refractivity contribution in [1.82, 2.24) is 9.88 Å². The van der Waals surface area contributed by atoms with Crippen molar-refractivity contribution in [3.05, 3.63) is 35.5 Å². The first-order valence-electron chi connectivity index (χ1n) is 7.03. The molecule has 100 valence electrons. The number of aryl methyl sites for hydroxylation is 1. The fourth-order valence-electron chi connectivity index (χ4n) is 3.08. The largest absolute Gasteiger partial charge is 0.358 e. The van der Waals surface area contributed by atoms with Crippen molar-refractivity contribution in [3.8, 4) is 0 Å². The van der Waals surface area contributed by atoms with Gasteiger partial charge in [0.15, 0.2) is 0 Å². The number of aromatic amines is 1. The maximum Gasteiger partial charge on any atom is 0.256 e. The van der Waals surface area contributed by atoms with Gasteiger partial charge in [-0.15, -0.1) is 0 Å². The summed E-state index contributed by atoms with van der Waals surface area (Å²) in [5.74, 6) is 0.796. The zero-order valence-electron chi connectivity index (χ0n) is 11.6. The lowest BCUT2D eigenvalue weighted by molar-refractivity contribution is 0.0684. The number of nitrogens with zero attached hydrogens (tertiary/aromatic N) is 1. The van der Waals surface area contributed by atoms with E-state index in [9.17, 15) is 4.79 Å². The average Bonchev–Trinajstić information content (AvgIpc) is 2.74. The van der Waals surface area contributed by atoms with E-state index in [4.69, 9.17) is 0 Å². The molecule has 1 fully saturated rings. The Labute approximate surface area is 113 Å². The molecular weight excluding hydrogens is 236 g/mol. The smallest absolute Gasteiger partial charge is 0.256 e. The third kappa shape index (κ3) is 2.14. The van der Waals surface area contributed by atoms with E-state index in [1.807, 2.05) is 36.1 Å². The van der Waals surface area contributed by atoms with E-state index in [0.29, 0.717) is 5.92 Å². The molecule has 3 rings (SSSR count). The van der Waals surface area contributed by atoms with Crippen LogP contribution in [0.5, 0.6) is 0 Å². The molecule has 1 aromatic heterocycles. The SMILES string of the molecule is Cc1[nH]c2ccccc2c1C(=O)N1CCCC(C)C1. The number of para-hydroxylation sites is 1. The predicted molar refractivity (Wildman–Crippen MR) is 77.3 cm³/mol. The number of amides is 1. The van der Waals surface area contributed by atoms with E-state index < -0.39 is 0 Å². The van der Waals surface area contributed by atoms with Crippen molar-refractivity contribution in [2.24, 2.45) is 5.92 Å². The summed E-state index contributed by atoms with van der Waals surface area (Å²) in [6, 6.07) is 8.04. The van der Waals surface area contributed by atoms with Crippen molar-refractivity contribution in [3.63, 3.8) is 0 Å². The van der Waals surface area contributed by atoms with Gasteiger partial charge in [-0.3, -0.25) is 4.79 Å². The van der Waals surface area contributed by atoms with Crippen LogP contribution in [0.25, 0.3) is 10.9 Å². The maximum absolute atomic E-state index is 12.7. The van der Waals surface area contributed by atoms with Crippen molar-refractivity contribution in [2.75, 3.05) is 13.1 Å². The van der Waals surface area contributed by atoms with Gasteiger partial charge in [-0.2, -0.15) is 0 Å². The average molecular weight is 256 g/mol. The van der Waals surface area contributed by atoms with Gasteiger partial charge >= 0.3 is 0 Å². The molecule has 1 amide bonds. The first-order chi connectivity index (χ1) is 9.16. The third-order valence-electron chi connectivity index (χ3n) is 4.05. The minimum absolute atomic E-state index is 0.182. The molecule has 0 saturated carbocycles. The van der Waals surface area contributed by atoms with Crippen molar-refractivity contribution in [1.29, 1.82) is 0 Å². The number of carbonyl (C=O) groups is 1. The first-order valence-corrected chi connectivity index (χ1v) is 7.03. The minimum atomic E-state index is 0.182. The molecule has 1 aliphatic rings. The van der Waals surface area contributed by atoms with Gasteiger partial charge in [0.05, 0.1) is 5.56 Å². The molecule has 0 aliphatic carbocycles. The number of nitrogens with one attached hydrogen (secondary N) is 1. The van der Waals surface area contributed by atoms with Crippen LogP contribution in [0.3, 0.4) is 0 Å². The Hall–Kier alpha value is -1.77. The molecule has 1 aromatic carbocycles. The molecule has 1 N–H and O–H groups in total. The van der Waals surface area contributed by atoms with Crippen LogP contribution in [0.1, 0.15) is 35.8 Å². The molecule has 3 nitrogen and oxygen atoms in total. The fraction of sp³-hybridized carbons (Fsp3) is 0.438. The molecule has 1 saturated heterocycles. The summed E-state index contributed by atoms with van der Waals surface area (Å²) in [7, 11) is 0. The Morgan fingerprint density at radius 1 is 1.37 bits per heavy atom. The molecule has 3 heteroatoms. The number of hydrogen-bond donors (Lipinski definition) is 1. The third-order valence-corrected chi connectivity index (χ3v) is 4.05. The van der Waals surface area contributed by atoms with Gasteiger partial charge in [0.1, 0.15) is 0 Å². The normalized spacial score (nSPS) is 19.9. The zero-order valence-corrected chi connectivity index (χ0v) is 11.6. The fourth-order valence-corrected chi connectivity index (χ4v) is 3.08. The molecular formula is C16H20N2O. The molecule has 0 radical (unpaired) electrons. The van der Waals surface area contributed by atoms with Crippen molar-refractivity contribution in [2.45, 2.75) is 26.7 Å². The topological polar surface area (TPSA) is 36.1 Å². The summed E-state index contributed by atoms with van der Waals surface area (Å²) < 4.78 is 0. The van der Waals surface area contributed by atoms with Gasteiger partial charge in [-0.05, 0) is 31.7 Å². The Morgan fingerprint density at radius 3 is 2.95 bits per heavy atom. The van der Waals surface area contributed by atoms with Crippen LogP contribution in [0, 0.1) is 12.8 Å². The number of carbonyl (C=O) groups excluding carboxylic acids is 1. The van der Waals surface area contributed by atoms with Crippen LogP contribution in [0.2, 0.25) is 0 Å². The highest BCUT2D eigenvalue weighted by molar-refractivity contribution is 6.08. The number of rotatable bonds is 1. The number of hydrogen-bond acceptors (Lipinski definition) is 1. The number of benzene rings is 1. The van der Waals surface area contributed by atoms with Gasteiger partial charge in [0.2, 0.25) is 0 Å². The quantitative estimate of drug-likeness (QED) is 0.834. The number of aromatic nitrogens is 1. The Balaban J connectivity index is 1.99. The van der Waals surface area contributed by atoms with Crippen molar-refractivity contribution < 1.29 is 4.79 Å². The molecule has 1 aliphatic heterocycles. The molecule has 19 heavy (non-hydrogen) atoms. The van der Waals surface area contributed by atoms with E-state index in [1.54, 1.807) is 0 Å². The van der Waals surface area contributed by atoms with E-state index in [1.165, 1.54) is 6.42 Å². The summed E-state index contributed by atoms with van der Waals surface area (Å²) in [5.41, 5.74) is 2.88. The van der Waals surface area contributed by atoms with Crippen LogP contribution in [-0.2, 0) is 0 Å². The lowest BCUT2D eigenvalue weighted by Gasteiger charge is -2.31. The summed E-state index contributed by atoms with van der Waals surface area (Å²) >= 11 is 0. The molecule has 2 heterocycles. The summed E-state index contributed by atoms with van der Waals surface area (Å²) in [5, 5.41) is 1.04. The maximum atomic E-state index is 12.7. The molecule has 1 atom stereocenters. The minimum Gasteiger partial charge on any atom is -0.358 e. The number of likely N-dealkylation sites (tertiary alicyclic amines) is 1. The molecule has 1 unspecified atom stereocenters. The summed E-state index contributed by atoms with van der Waals surface area (Å²) in [6.45, 7) is 5.99. The summed E-state index contributed by atoms with van der Waals surface area (Å²) in [6.07, 6.45) is 2.35. The monoisotopic (exact) mass is 256 g/mol. The van der Waals surface area contributed by atoms with Gasteiger partial charge in [-0.1, -0.05) is 25.1 Å². The molecule has 0 bridgehead atoms. The lowest BCUT2D eigenvalue weighted by atomic mass is 9.99. The van der Waals surface area contributed by atoms with Crippen molar-refractivity contribution >= 4 is 16.8 Å². The number of H-pyrrole nitrogens is 1. The van der Waals surface area contributed by atoms with Gasteiger partial charge in [0.25, 0.3) is 5.91 Å². The highest BCUT2D eigenvalue weighted by Gasteiger charge is 2.25. The Morgan fingerprint density at radius 2 is 2.16 bits per heavy atom. The van der Waals surface area contributed by atoms with Gasteiger partial charge < -0.3 is 9.88 Å². The number of fused-ring (bicyclic) bond motifs is 1. The molecule has 2 aromatic rings. The van der Waals surface area contributed by atoms with Crippen LogP contribution in [0.15, 0.2) is 24.3 Å². The van der Waals surface area contributed by atoms with E-state index in [-0.39, 0.29) is 5.91 Å². The first kappa shape index (κ1) is 12.3. The summed E-state index contributed by atoms with van der Waals surface area (Å²) in [4.78, 5) is 18.1. The predicted octanol–water partition coefficient (Wildman–Crippen LogP) is 3.35. The highest BCUT2D eigenvalue weighted by atomic mass is 16.2. The second-order valence-corrected chi connectivity index (χ2v) is 5.67. The van der Waals surface area contributed by atoms with Crippen LogP contribution < -0.4 is 0 Å². The zero-order chi connectivity index (χ0) is 13.4. The van der Waals surface area contributed by atoms with E-state index in [0.717, 1.165) is 41.7 Å². The Kier molecular flexibility index (Phi) is 3.05. The van der Waals surface area contributed by atoms with E-state index in [2.05, 4.69) is 11.9 Å². The second-order valence-electron chi connectivity index (χ2n) is 5.67. The van der Waals surface area contributed by atoms with Gasteiger partial charge in [-0.25, -0.2) is 0 Å². The molecule has 0 spiro atoms. The van der Waals surface area contributed by atoms with Crippen LogP contribution in [0.4, 0.5) is 0 Å². The van der Waals surface area contributed by atoms with Crippen LogP contribution in [-0.4, -0.2) is 28.9 Å². The van der Waals surface area contributed by atoms with E-state index >= 15 is 0 Å².